The van der Waals surface area contributed by atoms with Crippen molar-refractivity contribution in [2.24, 2.45) is 0 Å². The molecular weight excluding hydrogens is 230 g/mol. The average Bonchev–Trinajstić information content (AvgIpc) is 2.27. The second-order valence-corrected chi connectivity index (χ2v) is 4.57. The quantitative estimate of drug-likeness (QED) is 0.807. The summed E-state index contributed by atoms with van der Waals surface area (Å²) in [6.07, 6.45) is 0.289. The predicted molar refractivity (Wildman–Crippen MR) is 70.7 cm³/mol. The topological polar surface area (TPSA) is 58.6 Å². The van der Waals surface area contributed by atoms with Crippen LogP contribution in [-0.2, 0) is 4.79 Å². The zero-order valence-corrected chi connectivity index (χ0v) is 11.2. The van der Waals surface area contributed by atoms with E-state index in [1.165, 1.54) is 0 Å². The number of rotatable bonds is 6. The summed E-state index contributed by atoms with van der Waals surface area (Å²) in [4.78, 5) is 11.4. The average molecular weight is 251 g/mol. The van der Waals surface area contributed by atoms with Crippen LogP contribution in [0.1, 0.15) is 24.5 Å². The third kappa shape index (κ3) is 5.19. The molecule has 1 rings (SSSR count). The summed E-state index contributed by atoms with van der Waals surface area (Å²) in [5.74, 6) is 0.677. The van der Waals surface area contributed by atoms with Crippen LogP contribution in [0.2, 0.25) is 0 Å². The van der Waals surface area contributed by atoms with Gasteiger partial charge in [-0.3, -0.25) is 4.79 Å². The van der Waals surface area contributed by atoms with Crippen molar-refractivity contribution in [1.29, 1.82) is 0 Å². The van der Waals surface area contributed by atoms with E-state index < -0.39 is 0 Å². The summed E-state index contributed by atoms with van der Waals surface area (Å²) >= 11 is 0. The summed E-state index contributed by atoms with van der Waals surface area (Å²) in [7, 11) is 0. The van der Waals surface area contributed by atoms with Crippen LogP contribution in [-0.4, -0.2) is 30.3 Å². The number of amides is 1. The number of nitrogens with one attached hydrogen (secondary N) is 1. The Bertz CT molecular complexity index is 384. The van der Waals surface area contributed by atoms with Gasteiger partial charge in [0, 0.05) is 6.04 Å². The number of ether oxygens (including phenoxy) is 1. The van der Waals surface area contributed by atoms with Crippen LogP contribution >= 0.6 is 0 Å². The molecule has 0 fully saturated rings. The fraction of sp³-hybridized carbons (Fsp3) is 0.500. The van der Waals surface area contributed by atoms with Crippen molar-refractivity contribution in [1.82, 2.24) is 5.32 Å². The van der Waals surface area contributed by atoms with E-state index in [0.717, 1.165) is 16.9 Å². The molecule has 1 atom stereocenters. The normalized spacial score (nSPS) is 12.0. The lowest BCUT2D eigenvalue weighted by molar-refractivity contribution is -0.122. The third-order valence-electron chi connectivity index (χ3n) is 2.47. The van der Waals surface area contributed by atoms with Crippen molar-refractivity contribution in [3.63, 3.8) is 0 Å². The minimum Gasteiger partial charge on any atom is -0.493 e. The Balaban J connectivity index is 2.35. The number of aliphatic hydroxyl groups excluding tert-OH is 1. The first kappa shape index (κ1) is 14.5. The van der Waals surface area contributed by atoms with Crippen molar-refractivity contribution in [2.45, 2.75) is 33.2 Å². The van der Waals surface area contributed by atoms with E-state index in [0.29, 0.717) is 6.61 Å². The molecule has 0 radical (unpaired) electrons. The van der Waals surface area contributed by atoms with Gasteiger partial charge in [0.1, 0.15) is 5.75 Å². The van der Waals surface area contributed by atoms with E-state index in [1.54, 1.807) is 6.92 Å². The Kier molecular flexibility index (Phi) is 5.65. The minimum atomic E-state index is -0.210. The van der Waals surface area contributed by atoms with Crippen LogP contribution in [0.5, 0.6) is 5.75 Å². The van der Waals surface area contributed by atoms with Crippen molar-refractivity contribution < 1.29 is 14.6 Å². The van der Waals surface area contributed by atoms with Gasteiger partial charge in [0.2, 0.25) is 5.91 Å². The lowest BCUT2D eigenvalue weighted by Crippen LogP contribution is -2.35. The summed E-state index contributed by atoms with van der Waals surface area (Å²) in [6.45, 7) is 6.06. The van der Waals surface area contributed by atoms with Gasteiger partial charge in [-0.15, -0.1) is 0 Å². The first-order valence-electron chi connectivity index (χ1n) is 6.12. The predicted octanol–water partition coefficient (Wildman–Crippen LogP) is 1.57. The molecular formula is C14H21NO3. The Morgan fingerprint density at radius 2 is 1.94 bits per heavy atom. The Labute approximate surface area is 108 Å². The monoisotopic (exact) mass is 251 g/mol. The van der Waals surface area contributed by atoms with Crippen LogP contribution in [0.25, 0.3) is 0 Å². The largest absolute Gasteiger partial charge is 0.493 e. The number of aliphatic hydroxyl groups is 1. The number of hydrogen-bond donors (Lipinski definition) is 2. The van der Waals surface area contributed by atoms with Crippen molar-refractivity contribution in [3.8, 4) is 5.75 Å². The first-order chi connectivity index (χ1) is 8.51. The molecule has 18 heavy (non-hydrogen) atoms. The van der Waals surface area contributed by atoms with Gasteiger partial charge in [0.15, 0.2) is 0 Å². The number of aryl methyl sites for hydroxylation is 2. The molecule has 0 heterocycles. The smallest absolute Gasteiger partial charge is 0.223 e. The van der Waals surface area contributed by atoms with E-state index in [-0.39, 0.29) is 25.0 Å². The Morgan fingerprint density at radius 1 is 1.33 bits per heavy atom. The van der Waals surface area contributed by atoms with Crippen molar-refractivity contribution >= 4 is 5.91 Å². The van der Waals surface area contributed by atoms with Gasteiger partial charge in [-0.1, -0.05) is 6.07 Å². The van der Waals surface area contributed by atoms with Crippen molar-refractivity contribution in [3.05, 3.63) is 29.3 Å². The number of carbonyl (C=O) groups excluding carboxylic acids is 1. The van der Waals surface area contributed by atoms with E-state index >= 15 is 0 Å². The number of hydrogen-bond acceptors (Lipinski definition) is 3. The molecule has 0 aliphatic heterocycles. The van der Waals surface area contributed by atoms with Crippen LogP contribution in [0.15, 0.2) is 18.2 Å². The molecule has 0 aliphatic rings. The van der Waals surface area contributed by atoms with Crippen molar-refractivity contribution in [2.75, 3.05) is 13.2 Å². The summed E-state index contributed by atoms with van der Waals surface area (Å²) < 4.78 is 5.53. The van der Waals surface area contributed by atoms with E-state index in [4.69, 9.17) is 9.84 Å². The van der Waals surface area contributed by atoms with Crippen LogP contribution in [0.4, 0.5) is 0 Å². The molecule has 0 bridgehead atoms. The molecule has 4 heteroatoms. The first-order valence-corrected chi connectivity index (χ1v) is 6.12. The van der Waals surface area contributed by atoms with Crippen LogP contribution < -0.4 is 10.1 Å². The number of carbonyl (C=O) groups is 1. The standard InChI is InChI=1S/C14H21NO3/c1-10-6-11(2)8-13(7-10)18-5-4-14(17)15-12(3)9-16/h6-8,12,16H,4-5,9H2,1-3H3,(H,15,17). The van der Waals surface area contributed by atoms with Gasteiger partial charge in [-0.05, 0) is 44.0 Å². The second-order valence-electron chi connectivity index (χ2n) is 4.57. The Hall–Kier alpha value is -1.55. The van der Waals surface area contributed by atoms with Crippen LogP contribution in [0.3, 0.4) is 0 Å². The lowest BCUT2D eigenvalue weighted by atomic mass is 10.1. The molecule has 0 saturated heterocycles. The lowest BCUT2D eigenvalue weighted by Gasteiger charge is -2.11. The molecule has 1 aromatic rings. The molecule has 0 spiro atoms. The van der Waals surface area contributed by atoms with Gasteiger partial charge in [0.25, 0.3) is 0 Å². The Morgan fingerprint density at radius 3 is 2.50 bits per heavy atom. The molecule has 4 nitrogen and oxygen atoms in total. The molecule has 100 valence electrons. The molecule has 1 aromatic carbocycles. The maximum Gasteiger partial charge on any atom is 0.223 e. The maximum atomic E-state index is 11.4. The third-order valence-corrected chi connectivity index (χ3v) is 2.47. The molecule has 0 aliphatic carbocycles. The highest BCUT2D eigenvalue weighted by Gasteiger charge is 2.06. The zero-order chi connectivity index (χ0) is 13.5. The van der Waals surface area contributed by atoms with E-state index in [1.807, 2.05) is 26.0 Å². The van der Waals surface area contributed by atoms with Gasteiger partial charge in [-0.2, -0.15) is 0 Å². The molecule has 1 unspecified atom stereocenters. The summed E-state index contributed by atoms with van der Waals surface area (Å²) in [6, 6.07) is 5.75. The minimum absolute atomic E-state index is 0.0519. The molecule has 2 N–H and O–H groups in total. The summed E-state index contributed by atoms with van der Waals surface area (Å²) in [5, 5.41) is 11.5. The van der Waals surface area contributed by atoms with Gasteiger partial charge < -0.3 is 15.2 Å². The maximum absolute atomic E-state index is 11.4. The molecule has 0 saturated carbocycles. The highest BCUT2D eigenvalue weighted by molar-refractivity contribution is 5.76. The van der Waals surface area contributed by atoms with Gasteiger partial charge in [-0.25, -0.2) is 0 Å². The second kappa shape index (κ2) is 7.01. The number of benzene rings is 1. The fourth-order valence-corrected chi connectivity index (χ4v) is 1.67. The molecule has 0 aromatic heterocycles. The fourth-order valence-electron chi connectivity index (χ4n) is 1.67. The van der Waals surface area contributed by atoms with Gasteiger partial charge >= 0.3 is 0 Å². The van der Waals surface area contributed by atoms with Gasteiger partial charge in [0.05, 0.1) is 19.6 Å². The van der Waals surface area contributed by atoms with E-state index in [2.05, 4.69) is 11.4 Å². The van der Waals surface area contributed by atoms with E-state index in [9.17, 15) is 4.79 Å². The SMILES string of the molecule is Cc1cc(C)cc(OCCC(=O)NC(C)CO)c1. The zero-order valence-electron chi connectivity index (χ0n) is 11.2. The van der Waals surface area contributed by atoms with Crippen LogP contribution in [0, 0.1) is 13.8 Å². The highest BCUT2D eigenvalue weighted by Crippen LogP contribution is 2.16. The summed E-state index contributed by atoms with van der Waals surface area (Å²) in [5.41, 5.74) is 2.28. The highest BCUT2D eigenvalue weighted by atomic mass is 16.5. The molecule has 1 amide bonds.